The summed E-state index contributed by atoms with van der Waals surface area (Å²) in [5, 5.41) is 10.7. The van der Waals surface area contributed by atoms with Crippen LogP contribution < -0.4 is 0 Å². The van der Waals surface area contributed by atoms with Gasteiger partial charge in [-0.15, -0.1) is 0 Å². The van der Waals surface area contributed by atoms with Crippen LogP contribution in [0, 0.1) is 5.92 Å². The summed E-state index contributed by atoms with van der Waals surface area (Å²) >= 11 is 0. The number of aliphatic hydroxyl groups excluding tert-OH is 1. The van der Waals surface area contributed by atoms with Crippen molar-refractivity contribution in [1.82, 2.24) is 0 Å². The van der Waals surface area contributed by atoms with Gasteiger partial charge in [-0.3, -0.25) is 4.79 Å². The predicted octanol–water partition coefficient (Wildman–Crippen LogP) is 3.79. The molecular formula is C22H30O5. The topological polar surface area (TPSA) is 72.8 Å². The zero-order valence-electron chi connectivity index (χ0n) is 16.5. The lowest BCUT2D eigenvalue weighted by atomic mass is 9.87. The van der Waals surface area contributed by atoms with Crippen LogP contribution in [0.4, 0.5) is 0 Å². The maximum absolute atomic E-state index is 12.0. The lowest BCUT2D eigenvalue weighted by molar-refractivity contribution is -0.143. The van der Waals surface area contributed by atoms with Crippen molar-refractivity contribution < 1.29 is 24.2 Å². The van der Waals surface area contributed by atoms with Gasteiger partial charge in [0.15, 0.2) is 0 Å². The number of ether oxygens (including phenoxy) is 2. The number of rotatable bonds is 2. The molecule has 1 heterocycles. The first kappa shape index (κ1) is 21.2. The Morgan fingerprint density at radius 3 is 2.67 bits per heavy atom. The maximum Gasteiger partial charge on any atom is 0.334 e. The van der Waals surface area contributed by atoms with Crippen molar-refractivity contribution >= 4 is 11.9 Å². The summed E-state index contributed by atoms with van der Waals surface area (Å²) in [7, 11) is 0. The van der Waals surface area contributed by atoms with Crippen LogP contribution in [0.15, 0.2) is 47.1 Å². The summed E-state index contributed by atoms with van der Waals surface area (Å²) in [6, 6.07) is 0. The molecule has 0 aromatic rings. The van der Waals surface area contributed by atoms with Crippen molar-refractivity contribution in [2.45, 2.75) is 65.1 Å². The standard InChI is InChI=1S/C22H30O5/c1-14-7-5-9-15(2)20(24)21-19(16(3)22(25)27-21)12-11-18(10-6-8-14)13-26-17(4)23/h8-9,11,19-21,24H,3,5-7,10,12-13H2,1-2,4H3/b14-8-,15-9-,18-11-/t19-,20-,21-/m1/s1. The van der Waals surface area contributed by atoms with Crippen molar-refractivity contribution in [1.29, 1.82) is 0 Å². The lowest BCUT2D eigenvalue weighted by Crippen LogP contribution is -2.32. The molecule has 0 unspecified atom stereocenters. The van der Waals surface area contributed by atoms with E-state index in [0.717, 1.165) is 36.8 Å². The number of esters is 2. The normalized spacial score (nSPS) is 33.3. The Morgan fingerprint density at radius 1 is 1.26 bits per heavy atom. The Hall–Kier alpha value is -2.14. The quantitative estimate of drug-likeness (QED) is 0.452. The molecule has 1 N–H and O–H groups in total. The van der Waals surface area contributed by atoms with Gasteiger partial charge in [-0.25, -0.2) is 4.79 Å². The number of carbonyl (C=O) groups excluding carboxylic acids is 2. The van der Waals surface area contributed by atoms with Crippen LogP contribution in [0.25, 0.3) is 0 Å². The number of fused-ring (bicyclic) bond motifs is 1. The average Bonchev–Trinajstić information content (AvgIpc) is 2.90. The third-order valence-electron chi connectivity index (χ3n) is 5.21. The molecular weight excluding hydrogens is 344 g/mol. The summed E-state index contributed by atoms with van der Waals surface area (Å²) in [5.41, 5.74) is 3.48. The fourth-order valence-corrected chi connectivity index (χ4v) is 3.43. The summed E-state index contributed by atoms with van der Waals surface area (Å²) in [6.45, 7) is 9.45. The van der Waals surface area contributed by atoms with Crippen LogP contribution in [0.2, 0.25) is 0 Å². The molecule has 148 valence electrons. The zero-order chi connectivity index (χ0) is 20.0. The fraction of sp³-hybridized carbons (Fsp3) is 0.545. The minimum atomic E-state index is -0.851. The SMILES string of the molecule is C=C1C(=O)O[C@@H]2[C@@H]1C/C=C(\COC(C)=O)CC/C=C(/C)CC/C=C(/C)[C@H]2O. The Labute approximate surface area is 161 Å². The van der Waals surface area contributed by atoms with E-state index < -0.39 is 18.2 Å². The van der Waals surface area contributed by atoms with E-state index in [-0.39, 0.29) is 18.5 Å². The second-order valence-corrected chi connectivity index (χ2v) is 7.40. The lowest BCUT2D eigenvalue weighted by Gasteiger charge is -2.23. The van der Waals surface area contributed by atoms with E-state index in [0.29, 0.717) is 12.0 Å². The van der Waals surface area contributed by atoms with E-state index in [9.17, 15) is 14.7 Å². The van der Waals surface area contributed by atoms with Gasteiger partial charge in [0.1, 0.15) is 18.8 Å². The molecule has 0 bridgehead atoms. The average molecular weight is 374 g/mol. The first-order valence-electron chi connectivity index (χ1n) is 9.51. The van der Waals surface area contributed by atoms with Gasteiger partial charge < -0.3 is 14.6 Å². The molecule has 27 heavy (non-hydrogen) atoms. The van der Waals surface area contributed by atoms with Gasteiger partial charge in [0.05, 0.1) is 0 Å². The van der Waals surface area contributed by atoms with Gasteiger partial charge in [-0.2, -0.15) is 0 Å². The second-order valence-electron chi connectivity index (χ2n) is 7.40. The predicted molar refractivity (Wildman–Crippen MR) is 104 cm³/mol. The highest BCUT2D eigenvalue weighted by atomic mass is 16.6. The maximum atomic E-state index is 12.0. The van der Waals surface area contributed by atoms with Gasteiger partial charge >= 0.3 is 11.9 Å². The molecule has 2 rings (SSSR count). The van der Waals surface area contributed by atoms with E-state index in [1.165, 1.54) is 12.5 Å². The fourth-order valence-electron chi connectivity index (χ4n) is 3.43. The zero-order valence-corrected chi connectivity index (χ0v) is 16.5. The van der Waals surface area contributed by atoms with Crippen molar-refractivity contribution in [2.24, 2.45) is 5.92 Å². The number of allylic oxidation sites excluding steroid dienone is 4. The minimum Gasteiger partial charge on any atom is -0.461 e. The summed E-state index contributed by atoms with van der Waals surface area (Å²) in [6.07, 6.45) is 8.63. The molecule has 1 aliphatic carbocycles. The highest BCUT2D eigenvalue weighted by Gasteiger charge is 2.42. The third kappa shape index (κ3) is 5.93. The molecule has 5 heteroatoms. The Kier molecular flexibility index (Phi) is 7.60. The summed E-state index contributed by atoms with van der Waals surface area (Å²) in [5.74, 6) is -1.06. The molecule has 0 saturated carbocycles. The van der Waals surface area contributed by atoms with Crippen LogP contribution in [0.1, 0.15) is 52.9 Å². The van der Waals surface area contributed by atoms with Crippen LogP contribution in [-0.2, 0) is 19.1 Å². The largest absolute Gasteiger partial charge is 0.461 e. The van der Waals surface area contributed by atoms with Crippen LogP contribution in [0.5, 0.6) is 0 Å². The van der Waals surface area contributed by atoms with Crippen LogP contribution in [0.3, 0.4) is 0 Å². The van der Waals surface area contributed by atoms with Crippen LogP contribution >= 0.6 is 0 Å². The highest BCUT2D eigenvalue weighted by Crippen LogP contribution is 2.34. The monoisotopic (exact) mass is 374 g/mol. The third-order valence-corrected chi connectivity index (χ3v) is 5.21. The molecule has 0 aromatic heterocycles. The molecule has 5 nitrogen and oxygen atoms in total. The highest BCUT2D eigenvalue weighted by molar-refractivity contribution is 5.91. The van der Waals surface area contributed by atoms with Crippen molar-refractivity contribution in [2.75, 3.05) is 6.61 Å². The van der Waals surface area contributed by atoms with Crippen molar-refractivity contribution in [3.05, 3.63) is 47.1 Å². The Bertz CT molecular complexity index is 683. The molecule has 0 amide bonds. The van der Waals surface area contributed by atoms with Crippen molar-refractivity contribution in [3.8, 4) is 0 Å². The first-order chi connectivity index (χ1) is 12.8. The minimum absolute atomic E-state index is 0.238. The molecule has 1 aliphatic heterocycles. The number of carbonyl (C=O) groups is 2. The van der Waals surface area contributed by atoms with E-state index in [2.05, 4.69) is 19.6 Å². The summed E-state index contributed by atoms with van der Waals surface area (Å²) < 4.78 is 10.6. The van der Waals surface area contributed by atoms with Gasteiger partial charge in [0.25, 0.3) is 0 Å². The van der Waals surface area contributed by atoms with E-state index in [4.69, 9.17) is 9.47 Å². The van der Waals surface area contributed by atoms with E-state index in [1.807, 2.05) is 19.1 Å². The second kappa shape index (κ2) is 9.70. The molecule has 0 aromatic carbocycles. The van der Waals surface area contributed by atoms with Gasteiger partial charge in [0, 0.05) is 18.4 Å². The molecule has 0 spiro atoms. The molecule has 1 saturated heterocycles. The van der Waals surface area contributed by atoms with Gasteiger partial charge in [0.2, 0.25) is 0 Å². The number of hydrogen-bond donors (Lipinski definition) is 1. The van der Waals surface area contributed by atoms with E-state index >= 15 is 0 Å². The smallest absolute Gasteiger partial charge is 0.334 e. The van der Waals surface area contributed by atoms with Crippen molar-refractivity contribution in [3.63, 3.8) is 0 Å². The number of aliphatic hydroxyl groups is 1. The molecule has 1 fully saturated rings. The Balaban J connectivity index is 2.29. The molecule has 2 aliphatic rings. The molecule has 3 atom stereocenters. The van der Waals surface area contributed by atoms with Gasteiger partial charge in [-0.05, 0) is 57.1 Å². The van der Waals surface area contributed by atoms with Gasteiger partial charge in [-0.1, -0.05) is 30.4 Å². The summed E-state index contributed by atoms with van der Waals surface area (Å²) in [4.78, 5) is 23.2. The van der Waals surface area contributed by atoms with Crippen LogP contribution in [-0.4, -0.2) is 35.9 Å². The Morgan fingerprint density at radius 2 is 1.96 bits per heavy atom. The van der Waals surface area contributed by atoms with E-state index in [1.54, 1.807) is 0 Å². The number of hydrogen-bond acceptors (Lipinski definition) is 5. The first-order valence-corrected chi connectivity index (χ1v) is 9.51. The molecule has 0 radical (unpaired) electrons.